The van der Waals surface area contributed by atoms with E-state index in [0.29, 0.717) is 11.5 Å². The van der Waals surface area contributed by atoms with Gasteiger partial charge in [-0.1, -0.05) is 0 Å². The molecular weight excluding hydrogens is 200 g/mol. The van der Waals surface area contributed by atoms with Crippen molar-refractivity contribution in [1.82, 2.24) is 4.90 Å². The second kappa shape index (κ2) is 2.93. The number of sulfonamides is 1. The molecular formula is C9H18N2O2S. The van der Waals surface area contributed by atoms with E-state index in [0.717, 1.165) is 25.9 Å². The van der Waals surface area contributed by atoms with Gasteiger partial charge in [-0.3, -0.25) is 4.90 Å². The maximum absolute atomic E-state index is 11.0. The van der Waals surface area contributed by atoms with Gasteiger partial charge in [0.1, 0.15) is 0 Å². The van der Waals surface area contributed by atoms with Crippen molar-refractivity contribution in [2.24, 2.45) is 10.6 Å². The SMILES string of the molecule is CC(C)N1CC2(CC(S(N)(=O)=O)C2)C1. The molecule has 1 aliphatic heterocycles. The van der Waals surface area contributed by atoms with Crippen LogP contribution < -0.4 is 5.14 Å². The average Bonchev–Trinajstić information content (AvgIpc) is 1.74. The fraction of sp³-hybridized carbons (Fsp3) is 1.00. The Bertz CT molecular complexity index is 323. The number of hydrogen-bond donors (Lipinski definition) is 1. The van der Waals surface area contributed by atoms with Gasteiger partial charge in [0, 0.05) is 19.1 Å². The summed E-state index contributed by atoms with van der Waals surface area (Å²) < 4.78 is 22.0. The zero-order valence-electron chi connectivity index (χ0n) is 8.73. The average molecular weight is 218 g/mol. The van der Waals surface area contributed by atoms with E-state index in [1.165, 1.54) is 0 Å². The van der Waals surface area contributed by atoms with Crippen molar-refractivity contribution in [3.05, 3.63) is 0 Å². The summed E-state index contributed by atoms with van der Waals surface area (Å²) in [6, 6.07) is 0.578. The van der Waals surface area contributed by atoms with Crippen molar-refractivity contribution >= 4 is 10.0 Å². The smallest absolute Gasteiger partial charge is 0.212 e. The van der Waals surface area contributed by atoms with Gasteiger partial charge in [0.15, 0.2) is 0 Å². The zero-order chi connectivity index (χ0) is 10.6. The minimum Gasteiger partial charge on any atom is -0.300 e. The molecule has 0 aromatic heterocycles. The van der Waals surface area contributed by atoms with Crippen LogP contribution in [0.2, 0.25) is 0 Å². The minimum atomic E-state index is -3.27. The van der Waals surface area contributed by atoms with Crippen LogP contribution in [0.3, 0.4) is 0 Å². The van der Waals surface area contributed by atoms with Crippen molar-refractivity contribution < 1.29 is 8.42 Å². The standard InChI is InChI=1S/C9H18N2O2S/c1-7(2)11-5-9(6-11)3-8(4-9)14(10,12)13/h7-8H,3-6H2,1-2H3,(H2,10,12,13). The van der Waals surface area contributed by atoms with Crippen LogP contribution in [-0.2, 0) is 10.0 Å². The Hall–Kier alpha value is -0.130. The molecule has 1 saturated carbocycles. The Kier molecular flexibility index (Phi) is 2.18. The van der Waals surface area contributed by atoms with Gasteiger partial charge in [-0.15, -0.1) is 0 Å². The van der Waals surface area contributed by atoms with Crippen LogP contribution in [0.25, 0.3) is 0 Å². The van der Waals surface area contributed by atoms with Crippen molar-refractivity contribution in [2.75, 3.05) is 13.1 Å². The summed E-state index contributed by atoms with van der Waals surface area (Å²) in [5.41, 5.74) is 0.293. The summed E-state index contributed by atoms with van der Waals surface area (Å²) in [6.07, 6.45) is 1.55. The number of nitrogens with zero attached hydrogens (tertiary/aromatic N) is 1. The summed E-state index contributed by atoms with van der Waals surface area (Å²) in [4.78, 5) is 2.37. The molecule has 14 heavy (non-hydrogen) atoms. The largest absolute Gasteiger partial charge is 0.300 e. The molecule has 4 nitrogen and oxygen atoms in total. The van der Waals surface area contributed by atoms with Crippen LogP contribution in [-0.4, -0.2) is 37.7 Å². The molecule has 1 aliphatic carbocycles. The van der Waals surface area contributed by atoms with E-state index in [9.17, 15) is 8.42 Å². The highest BCUT2D eigenvalue weighted by molar-refractivity contribution is 7.89. The molecule has 2 aliphatic rings. The van der Waals surface area contributed by atoms with Gasteiger partial charge in [0.2, 0.25) is 10.0 Å². The third-order valence-electron chi connectivity index (χ3n) is 3.59. The van der Waals surface area contributed by atoms with Crippen molar-refractivity contribution in [1.29, 1.82) is 0 Å². The highest BCUT2D eigenvalue weighted by Gasteiger charge is 2.55. The van der Waals surface area contributed by atoms with E-state index < -0.39 is 10.0 Å². The molecule has 5 heteroatoms. The molecule has 2 rings (SSSR count). The highest BCUT2D eigenvalue weighted by atomic mass is 32.2. The maximum atomic E-state index is 11.0. The molecule has 0 bridgehead atoms. The number of nitrogens with two attached hydrogens (primary N) is 1. The predicted octanol–water partition coefficient (Wildman–Crippen LogP) is 0.148. The maximum Gasteiger partial charge on any atom is 0.212 e. The molecule has 0 atom stereocenters. The lowest BCUT2D eigenvalue weighted by Crippen LogP contribution is -2.66. The summed E-state index contributed by atoms with van der Waals surface area (Å²) in [5, 5.41) is 4.83. The lowest BCUT2D eigenvalue weighted by atomic mass is 9.63. The third-order valence-corrected chi connectivity index (χ3v) is 4.86. The van der Waals surface area contributed by atoms with E-state index in [4.69, 9.17) is 5.14 Å². The first-order valence-electron chi connectivity index (χ1n) is 5.08. The van der Waals surface area contributed by atoms with Crippen LogP contribution in [0.15, 0.2) is 0 Å². The summed E-state index contributed by atoms with van der Waals surface area (Å²) >= 11 is 0. The van der Waals surface area contributed by atoms with Crippen LogP contribution in [0, 0.1) is 5.41 Å². The number of rotatable bonds is 2. The number of likely N-dealkylation sites (tertiary alicyclic amines) is 1. The van der Waals surface area contributed by atoms with Crippen LogP contribution >= 0.6 is 0 Å². The van der Waals surface area contributed by atoms with Gasteiger partial charge in [0.05, 0.1) is 5.25 Å². The molecule has 0 unspecified atom stereocenters. The quantitative estimate of drug-likeness (QED) is 0.717. The van der Waals surface area contributed by atoms with Gasteiger partial charge < -0.3 is 0 Å². The molecule has 2 N–H and O–H groups in total. The molecule has 0 aromatic rings. The molecule has 1 spiro atoms. The van der Waals surface area contributed by atoms with Gasteiger partial charge in [-0.05, 0) is 32.1 Å². The summed E-state index contributed by atoms with van der Waals surface area (Å²) in [5.74, 6) is 0. The lowest BCUT2D eigenvalue weighted by Gasteiger charge is -2.59. The predicted molar refractivity (Wildman–Crippen MR) is 55.3 cm³/mol. The molecule has 82 valence electrons. The van der Waals surface area contributed by atoms with E-state index in [2.05, 4.69) is 18.7 Å². The second-order valence-corrected chi connectivity index (χ2v) is 6.96. The Morgan fingerprint density at radius 1 is 1.36 bits per heavy atom. The summed E-state index contributed by atoms with van der Waals surface area (Å²) in [6.45, 7) is 6.44. The normalized spacial score (nSPS) is 27.7. The Labute approximate surface area is 85.5 Å². The lowest BCUT2D eigenvalue weighted by molar-refractivity contribution is -0.0733. The monoisotopic (exact) mass is 218 g/mol. The van der Waals surface area contributed by atoms with E-state index in [1.54, 1.807) is 0 Å². The van der Waals surface area contributed by atoms with Gasteiger partial charge in [-0.2, -0.15) is 0 Å². The first kappa shape index (κ1) is 10.4. The first-order chi connectivity index (χ1) is 6.32. The van der Waals surface area contributed by atoms with Crippen molar-refractivity contribution in [2.45, 2.75) is 38.0 Å². The van der Waals surface area contributed by atoms with E-state index in [-0.39, 0.29) is 5.25 Å². The van der Waals surface area contributed by atoms with E-state index >= 15 is 0 Å². The van der Waals surface area contributed by atoms with Crippen LogP contribution in [0.1, 0.15) is 26.7 Å². The second-order valence-electron chi connectivity index (χ2n) is 5.12. The Balaban J connectivity index is 1.86. The van der Waals surface area contributed by atoms with Gasteiger partial charge in [0.25, 0.3) is 0 Å². The van der Waals surface area contributed by atoms with Crippen molar-refractivity contribution in [3.63, 3.8) is 0 Å². The molecule has 2 fully saturated rings. The molecule has 1 heterocycles. The molecule has 0 aromatic carbocycles. The van der Waals surface area contributed by atoms with Crippen LogP contribution in [0.5, 0.6) is 0 Å². The molecule has 0 radical (unpaired) electrons. The van der Waals surface area contributed by atoms with E-state index in [1.807, 2.05) is 0 Å². The zero-order valence-corrected chi connectivity index (χ0v) is 9.55. The molecule has 0 amide bonds. The molecule has 1 saturated heterocycles. The third kappa shape index (κ3) is 1.57. The van der Waals surface area contributed by atoms with Gasteiger partial charge >= 0.3 is 0 Å². The Morgan fingerprint density at radius 3 is 2.21 bits per heavy atom. The first-order valence-corrected chi connectivity index (χ1v) is 6.69. The van der Waals surface area contributed by atoms with Crippen molar-refractivity contribution in [3.8, 4) is 0 Å². The van der Waals surface area contributed by atoms with Crippen LogP contribution in [0.4, 0.5) is 0 Å². The minimum absolute atomic E-state index is 0.267. The Morgan fingerprint density at radius 2 is 1.86 bits per heavy atom. The topological polar surface area (TPSA) is 63.4 Å². The summed E-state index contributed by atoms with van der Waals surface area (Å²) in [7, 11) is -3.27. The van der Waals surface area contributed by atoms with Gasteiger partial charge in [-0.25, -0.2) is 13.6 Å². The number of hydrogen-bond acceptors (Lipinski definition) is 3. The highest BCUT2D eigenvalue weighted by Crippen LogP contribution is 2.50. The fourth-order valence-corrected chi connectivity index (χ4v) is 3.75. The fourth-order valence-electron chi connectivity index (χ4n) is 2.58. The number of primary sulfonamides is 1.